The minimum atomic E-state index is 0. The predicted octanol–water partition coefficient (Wildman–Crippen LogP) is 1.66. The summed E-state index contributed by atoms with van der Waals surface area (Å²) >= 11 is 0. The molecule has 1 fully saturated rings. The lowest BCUT2D eigenvalue weighted by Gasteiger charge is -2.21. The van der Waals surface area contributed by atoms with Gasteiger partial charge in [0, 0.05) is 19.0 Å². The molecule has 0 aromatic heterocycles. The lowest BCUT2D eigenvalue weighted by atomic mass is 9.97. The number of hydrogen-bond acceptors (Lipinski definition) is 4. The van der Waals surface area contributed by atoms with E-state index in [0.29, 0.717) is 13.2 Å². The Balaban J connectivity index is 0.00000264. The van der Waals surface area contributed by atoms with E-state index in [9.17, 15) is 4.79 Å². The maximum atomic E-state index is 12.1. The van der Waals surface area contributed by atoms with Crippen LogP contribution in [-0.4, -0.2) is 51.1 Å². The molecule has 1 aromatic carbocycles. The van der Waals surface area contributed by atoms with Gasteiger partial charge < -0.3 is 20.3 Å². The zero-order valence-electron chi connectivity index (χ0n) is 14.0. The van der Waals surface area contributed by atoms with Crippen molar-refractivity contribution >= 4 is 18.3 Å². The maximum Gasteiger partial charge on any atom is 0.223 e. The van der Waals surface area contributed by atoms with Gasteiger partial charge in [0.25, 0.3) is 0 Å². The van der Waals surface area contributed by atoms with Crippen LogP contribution in [0.4, 0.5) is 0 Å². The molecule has 1 amide bonds. The van der Waals surface area contributed by atoms with Crippen LogP contribution in [0.1, 0.15) is 18.4 Å². The molecule has 130 valence electrons. The van der Waals surface area contributed by atoms with Crippen LogP contribution in [0.3, 0.4) is 0 Å². The SMILES string of the molecule is CN(C)CCOc1cccc(CNC(=O)C2CCNCC2)c1.Cl. The first-order valence-electron chi connectivity index (χ1n) is 8.00. The highest BCUT2D eigenvalue weighted by molar-refractivity contribution is 5.85. The summed E-state index contributed by atoms with van der Waals surface area (Å²) < 4.78 is 5.72. The Morgan fingerprint density at radius 3 is 2.78 bits per heavy atom. The summed E-state index contributed by atoms with van der Waals surface area (Å²) in [4.78, 5) is 14.2. The molecule has 0 bridgehead atoms. The Hall–Kier alpha value is -1.30. The highest BCUT2D eigenvalue weighted by Crippen LogP contribution is 2.15. The number of carbonyl (C=O) groups is 1. The number of amides is 1. The fourth-order valence-corrected chi connectivity index (χ4v) is 2.51. The molecular weight excluding hydrogens is 314 g/mol. The van der Waals surface area contributed by atoms with E-state index in [1.54, 1.807) is 0 Å². The lowest BCUT2D eigenvalue weighted by Crippen LogP contribution is -2.37. The molecule has 0 radical (unpaired) electrons. The summed E-state index contributed by atoms with van der Waals surface area (Å²) in [6.45, 7) is 3.99. The van der Waals surface area contributed by atoms with Crippen LogP contribution in [0.5, 0.6) is 5.75 Å². The van der Waals surface area contributed by atoms with E-state index in [1.165, 1.54) is 0 Å². The normalized spacial score (nSPS) is 15.1. The van der Waals surface area contributed by atoms with Crippen molar-refractivity contribution in [2.45, 2.75) is 19.4 Å². The molecule has 0 spiro atoms. The number of nitrogens with zero attached hydrogens (tertiary/aromatic N) is 1. The average Bonchev–Trinajstić information content (AvgIpc) is 2.53. The van der Waals surface area contributed by atoms with Crippen molar-refractivity contribution in [1.29, 1.82) is 0 Å². The standard InChI is InChI=1S/C17H27N3O2.ClH/c1-20(2)10-11-22-16-5-3-4-14(12-16)13-19-17(21)15-6-8-18-9-7-15;/h3-5,12,15,18H,6-11,13H2,1-2H3,(H,19,21);1H. The van der Waals surface area contributed by atoms with Gasteiger partial charge in [-0.05, 0) is 57.7 Å². The zero-order valence-corrected chi connectivity index (χ0v) is 14.8. The summed E-state index contributed by atoms with van der Waals surface area (Å²) in [5, 5.41) is 6.32. The number of carbonyl (C=O) groups excluding carboxylic acids is 1. The molecule has 6 heteroatoms. The minimum Gasteiger partial charge on any atom is -0.492 e. The minimum absolute atomic E-state index is 0. The molecule has 0 aliphatic carbocycles. The van der Waals surface area contributed by atoms with Crippen LogP contribution in [0.2, 0.25) is 0 Å². The van der Waals surface area contributed by atoms with Crippen molar-refractivity contribution in [2.24, 2.45) is 5.92 Å². The van der Waals surface area contributed by atoms with Gasteiger partial charge in [0.05, 0.1) is 0 Å². The maximum absolute atomic E-state index is 12.1. The van der Waals surface area contributed by atoms with Crippen LogP contribution in [0.25, 0.3) is 0 Å². The van der Waals surface area contributed by atoms with Gasteiger partial charge >= 0.3 is 0 Å². The van der Waals surface area contributed by atoms with Crippen molar-refractivity contribution in [3.05, 3.63) is 29.8 Å². The van der Waals surface area contributed by atoms with Crippen molar-refractivity contribution in [3.8, 4) is 5.75 Å². The zero-order chi connectivity index (χ0) is 15.8. The fraction of sp³-hybridized carbons (Fsp3) is 0.588. The molecular formula is C17H28ClN3O2. The van der Waals surface area contributed by atoms with Crippen LogP contribution in [0.15, 0.2) is 24.3 Å². The first-order chi connectivity index (χ1) is 10.6. The number of rotatable bonds is 7. The van der Waals surface area contributed by atoms with E-state index in [-0.39, 0.29) is 24.2 Å². The average molecular weight is 342 g/mol. The molecule has 1 aromatic rings. The molecule has 2 N–H and O–H groups in total. The van der Waals surface area contributed by atoms with E-state index < -0.39 is 0 Å². The van der Waals surface area contributed by atoms with E-state index in [1.807, 2.05) is 38.4 Å². The molecule has 1 aliphatic rings. The van der Waals surface area contributed by atoms with Crippen molar-refractivity contribution < 1.29 is 9.53 Å². The van der Waals surface area contributed by atoms with E-state index >= 15 is 0 Å². The summed E-state index contributed by atoms with van der Waals surface area (Å²) in [5.74, 6) is 1.18. The molecule has 1 aliphatic heterocycles. The summed E-state index contributed by atoms with van der Waals surface area (Å²) in [6, 6.07) is 7.94. The predicted molar refractivity (Wildman–Crippen MR) is 95.2 cm³/mol. The lowest BCUT2D eigenvalue weighted by molar-refractivity contribution is -0.125. The number of piperidine rings is 1. The van der Waals surface area contributed by atoms with Crippen molar-refractivity contribution in [3.63, 3.8) is 0 Å². The molecule has 0 saturated carbocycles. The van der Waals surface area contributed by atoms with E-state index in [0.717, 1.165) is 43.8 Å². The fourth-order valence-electron chi connectivity index (χ4n) is 2.51. The molecule has 0 atom stereocenters. The van der Waals surface area contributed by atoms with Crippen LogP contribution in [0, 0.1) is 5.92 Å². The summed E-state index contributed by atoms with van der Waals surface area (Å²) in [7, 11) is 4.05. The van der Waals surface area contributed by atoms with Crippen molar-refractivity contribution in [1.82, 2.24) is 15.5 Å². The number of benzene rings is 1. The molecule has 1 saturated heterocycles. The number of likely N-dealkylation sites (N-methyl/N-ethyl adjacent to an activating group) is 1. The van der Waals surface area contributed by atoms with E-state index in [2.05, 4.69) is 15.5 Å². The third kappa shape index (κ3) is 7.20. The highest BCUT2D eigenvalue weighted by atomic mass is 35.5. The Labute approximate surface area is 145 Å². The molecule has 5 nitrogen and oxygen atoms in total. The second kappa shape index (κ2) is 10.5. The topological polar surface area (TPSA) is 53.6 Å². The summed E-state index contributed by atoms with van der Waals surface area (Å²) in [5.41, 5.74) is 1.07. The van der Waals surface area contributed by atoms with Gasteiger partial charge in [0.2, 0.25) is 5.91 Å². The third-order valence-corrected chi connectivity index (χ3v) is 3.88. The summed E-state index contributed by atoms with van der Waals surface area (Å²) in [6.07, 6.45) is 1.86. The van der Waals surface area contributed by atoms with Gasteiger partial charge in [-0.15, -0.1) is 12.4 Å². The number of hydrogen-bond donors (Lipinski definition) is 2. The molecule has 1 heterocycles. The Bertz CT molecular complexity index is 477. The number of ether oxygens (including phenoxy) is 1. The quantitative estimate of drug-likeness (QED) is 0.792. The van der Waals surface area contributed by atoms with Gasteiger partial charge in [0.1, 0.15) is 12.4 Å². The first kappa shape index (κ1) is 19.7. The van der Waals surface area contributed by atoms with Crippen LogP contribution < -0.4 is 15.4 Å². The van der Waals surface area contributed by atoms with Gasteiger partial charge in [-0.2, -0.15) is 0 Å². The number of halogens is 1. The van der Waals surface area contributed by atoms with E-state index in [4.69, 9.17) is 4.74 Å². The van der Waals surface area contributed by atoms with Crippen LogP contribution >= 0.6 is 12.4 Å². The molecule has 23 heavy (non-hydrogen) atoms. The van der Waals surface area contributed by atoms with Gasteiger partial charge in [-0.1, -0.05) is 12.1 Å². The monoisotopic (exact) mass is 341 g/mol. The Morgan fingerprint density at radius 2 is 2.09 bits per heavy atom. The second-order valence-corrected chi connectivity index (χ2v) is 6.04. The second-order valence-electron chi connectivity index (χ2n) is 6.04. The number of nitrogens with one attached hydrogen (secondary N) is 2. The van der Waals surface area contributed by atoms with Crippen molar-refractivity contribution in [2.75, 3.05) is 40.3 Å². The largest absolute Gasteiger partial charge is 0.492 e. The van der Waals surface area contributed by atoms with Gasteiger partial charge in [-0.3, -0.25) is 4.79 Å². The Kier molecular flexibility index (Phi) is 8.99. The van der Waals surface area contributed by atoms with Gasteiger partial charge in [0.15, 0.2) is 0 Å². The highest BCUT2D eigenvalue weighted by Gasteiger charge is 2.20. The smallest absolute Gasteiger partial charge is 0.223 e. The molecule has 0 unspecified atom stereocenters. The molecule has 2 rings (SSSR count). The first-order valence-corrected chi connectivity index (χ1v) is 8.00. The Morgan fingerprint density at radius 1 is 1.35 bits per heavy atom. The van der Waals surface area contributed by atoms with Crippen LogP contribution in [-0.2, 0) is 11.3 Å². The van der Waals surface area contributed by atoms with Gasteiger partial charge in [-0.25, -0.2) is 0 Å². The third-order valence-electron chi connectivity index (χ3n) is 3.88.